The molecular formula is C19H19N3O3S2. The number of fused-ring (bicyclic) bond motifs is 1. The number of thioether (sulfide) groups is 1. The van der Waals surface area contributed by atoms with E-state index in [2.05, 4.69) is 21.9 Å². The summed E-state index contributed by atoms with van der Waals surface area (Å²) >= 11 is 3.30. The van der Waals surface area contributed by atoms with Gasteiger partial charge in [-0.3, -0.25) is 20.4 Å². The maximum atomic E-state index is 12.0. The molecule has 0 saturated heterocycles. The Bertz CT molecular complexity index is 892. The van der Waals surface area contributed by atoms with E-state index in [9.17, 15) is 9.59 Å². The summed E-state index contributed by atoms with van der Waals surface area (Å²) < 4.78 is 7.21. The van der Waals surface area contributed by atoms with Gasteiger partial charge in [0, 0.05) is 17.7 Å². The van der Waals surface area contributed by atoms with Crippen molar-refractivity contribution in [1.82, 2.24) is 15.8 Å². The molecule has 140 valence electrons. The number of benzene rings is 2. The van der Waals surface area contributed by atoms with Crippen LogP contribution in [0.5, 0.6) is 5.75 Å². The van der Waals surface area contributed by atoms with E-state index < -0.39 is 0 Å². The molecule has 0 aliphatic carbocycles. The molecule has 2 amide bonds. The molecule has 0 aliphatic heterocycles. The number of hydrogen-bond acceptors (Lipinski definition) is 6. The molecule has 1 heterocycles. The molecule has 0 atom stereocenters. The summed E-state index contributed by atoms with van der Waals surface area (Å²) in [5, 5.41) is 0. The molecule has 0 bridgehead atoms. The molecule has 2 N–H and O–H groups in total. The molecule has 0 saturated carbocycles. The monoisotopic (exact) mass is 401 g/mol. The third-order valence-corrected chi connectivity index (χ3v) is 5.98. The van der Waals surface area contributed by atoms with Crippen LogP contribution in [0.4, 0.5) is 0 Å². The van der Waals surface area contributed by atoms with Crippen molar-refractivity contribution in [3.63, 3.8) is 0 Å². The lowest BCUT2D eigenvalue weighted by atomic mass is 10.2. The molecule has 1 aromatic heterocycles. The molecular weight excluding hydrogens is 382 g/mol. The molecule has 3 aromatic rings. The molecule has 0 unspecified atom stereocenters. The Kier molecular flexibility index (Phi) is 6.67. The Labute approximate surface area is 165 Å². The van der Waals surface area contributed by atoms with Gasteiger partial charge in [0.2, 0.25) is 5.91 Å². The third-order valence-electron chi connectivity index (χ3n) is 3.72. The predicted molar refractivity (Wildman–Crippen MR) is 108 cm³/mol. The number of amides is 2. The highest BCUT2D eigenvalue weighted by atomic mass is 32.2. The zero-order valence-corrected chi connectivity index (χ0v) is 16.4. The van der Waals surface area contributed by atoms with Crippen LogP contribution in [-0.4, -0.2) is 29.7 Å². The molecule has 6 nitrogen and oxygen atoms in total. The van der Waals surface area contributed by atoms with Gasteiger partial charge in [0.1, 0.15) is 5.75 Å². The standard InChI is InChI=1S/C19H19N3O3S2/c1-25-14-10-8-13(9-11-14)18(24)22-21-17(23)7-4-12-26-19-20-15-5-2-3-6-16(15)27-19/h2-3,5-6,8-11H,4,7,12H2,1H3,(H,21,23)(H,22,24). The van der Waals surface area contributed by atoms with Crippen LogP contribution in [0.2, 0.25) is 0 Å². The molecule has 27 heavy (non-hydrogen) atoms. The minimum atomic E-state index is -0.366. The zero-order valence-electron chi connectivity index (χ0n) is 14.7. The van der Waals surface area contributed by atoms with Gasteiger partial charge in [-0.05, 0) is 42.8 Å². The van der Waals surface area contributed by atoms with Gasteiger partial charge in [-0.25, -0.2) is 4.98 Å². The number of carbonyl (C=O) groups excluding carboxylic acids is 2. The van der Waals surface area contributed by atoms with Crippen molar-refractivity contribution in [3.05, 3.63) is 54.1 Å². The first-order valence-electron chi connectivity index (χ1n) is 8.37. The highest BCUT2D eigenvalue weighted by Gasteiger charge is 2.08. The second-order valence-corrected chi connectivity index (χ2v) is 8.00. The number of carbonyl (C=O) groups is 2. The maximum absolute atomic E-state index is 12.0. The number of nitrogens with zero attached hydrogens (tertiary/aromatic N) is 1. The SMILES string of the molecule is COc1ccc(C(=O)NNC(=O)CCCSc2nc3ccccc3s2)cc1. The van der Waals surface area contributed by atoms with Crippen LogP contribution in [0, 0.1) is 0 Å². The fourth-order valence-corrected chi connectivity index (χ4v) is 4.39. The molecule has 2 aromatic carbocycles. The summed E-state index contributed by atoms with van der Waals surface area (Å²) in [5.41, 5.74) is 6.30. The van der Waals surface area contributed by atoms with E-state index in [1.165, 1.54) is 4.70 Å². The average Bonchev–Trinajstić information content (AvgIpc) is 3.12. The van der Waals surface area contributed by atoms with Gasteiger partial charge in [-0.15, -0.1) is 11.3 Å². The summed E-state index contributed by atoms with van der Waals surface area (Å²) in [6, 6.07) is 14.7. The number of methoxy groups -OCH3 is 1. The largest absolute Gasteiger partial charge is 0.497 e. The van der Waals surface area contributed by atoms with Gasteiger partial charge in [0.05, 0.1) is 17.3 Å². The second-order valence-electron chi connectivity index (χ2n) is 5.63. The van der Waals surface area contributed by atoms with Gasteiger partial charge in [-0.1, -0.05) is 23.9 Å². The van der Waals surface area contributed by atoms with E-state index in [-0.39, 0.29) is 11.8 Å². The van der Waals surface area contributed by atoms with Gasteiger partial charge in [0.15, 0.2) is 4.34 Å². The van der Waals surface area contributed by atoms with E-state index in [1.54, 1.807) is 54.5 Å². The first-order chi connectivity index (χ1) is 13.2. The normalized spacial score (nSPS) is 10.6. The highest BCUT2D eigenvalue weighted by Crippen LogP contribution is 2.29. The number of rotatable bonds is 7. The summed E-state index contributed by atoms with van der Waals surface area (Å²) in [7, 11) is 1.56. The minimum Gasteiger partial charge on any atom is -0.497 e. The third kappa shape index (κ3) is 5.45. The molecule has 0 spiro atoms. The number of hydrazine groups is 1. The first kappa shape index (κ1) is 19.2. The van der Waals surface area contributed by atoms with Crippen LogP contribution in [0.25, 0.3) is 10.2 Å². The van der Waals surface area contributed by atoms with Crippen molar-refractivity contribution >= 4 is 45.1 Å². The average molecular weight is 402 g/mol. The zero-order chi connectivity index (χ0) is 19.1. The van der Waals surface area contributed by atoms with Crippen LogP contribution in [0.15, 0.2) is 52.9 Å². The first-order valence-corrected chi connectivity index (χ1v) is 10.2. The number of thiazole rings is 1. The van der Waals surface area contributed by atoms with Crippen LogP contribution < -0.4 is 15.6 Å². The Morgan fingerprint density at radius 2 is 1.89 bits per heavy atom. The van der Waals surface area contributed by atoms with Crippen molar-refractivity contribution in [1.29, 1.82) is 0 Å². The molecule has 0 fully saturated rings. The van der Waals surface area contributed by atoms with Crippen molar-refractivity contribution in [2.45, 2.75) is 17.2 Å². The van der Waals surface area contributed by atoms with Crippen LogP contribution in [0.3, 0.4) is 0 Å². The van der Waals surface area contributed by atoms with E-state index in [1.807, 2.05) is 18.2 Å². The number of hydrogen-bond donors (Lipinski definition) is 2. The Hall–Kier alpha value is -2.58. The van der Waals surface area contributed by atoms with Crippen molar-refractivity contribution in [2.75, 3.05) is 12.9 Å². The van der Waals surface area contributed by atoms with Crippen LogP contribution in [-0.2, 0) is 4.79 Å². The van der Waals surface area contributed by atoms with E-state index in [0.717, 1.165) is 15.6 Å². The smallest absolute Gasteiger partial charge is 0.269 e. The minimum absolute atomic E-state index is 0.221. The van der Waals surface area contributed by atoms with Gasteiger partial charge in [0.25, 0.3) is 5.91 Å². The fraction of sp³-hybridized carbons (Fsp3) is 0.211. The lowest BCUT2D eigenvalue weighted by Gasteiger charge is -2.07. The fourth-order valence-electron chi connectivity index (χ4n) is 2.31. The Balaban J connectivity index is 1.36. The summed E-state index contributed by atoms with van der Waals surface area (Å²) in [6.45, 7) is 0. The summed E-state index contributed by atoms with van der Waals surface area (Å²) in [6.07, 6.45) is 1.03. The van der Waals surface area contributed by atoms with Gasteiger partial charge >= 0.3 is 0 Å². The maximum Gasteiger partial charge on any atom is 0.269 e. The predicted octanol–water partition coefficient (Wildman–Crippen LogP) is 3.64. The van der Waals surface area contributed by atoms with E-state index in [4.69, 9.17) is 4.74 Å². The molecule has 8 heteroatoms. The van der Waals surface area contributed by atoms with Gasteiger partial charge in [-0.2, -0.15) is 0 Å². The second kappa shape index (κ2) is 9.38. The topological polar surface area (TPSA) is 80.3 Å². The van der Waals surface area contributed by atoms with Crippen molar-refractivity contribution in [3.8, 4) is 5.75 Å². The van der Waals surface area contributed by atoms with Crippen molar-refractivity contribution < 1.29 is 14.3 Å². The van der Waals surface area contributed by atoms with Crippen LogP contribution >= 0.6 is 23.1 Å². The van der Waals surface area contributed by atoms with Crippen LogP contribution in [0.1, 0.15) is 23.2 Å². The van der Waals surface area contributed by atoms with E-state index in [0.29, 0.717) is 24.2 Å². The lowest BCUT2D eigenvalue weighted by molar-refractivity contribution is -0.121. The number of aromatic nitrogens is 1. The van der Waals surface area contributed by atoms with E-state index >= 15 is 0 Å². The molecule has 0 aliphatic rings. The number of ether oxygens (including phenoxy) is 1. The summed E-state index contributed by atoms with van der Waals surface area (Å²) in [4.78, 5) is 28.4. The Morgan fingerprint density at radius 3 is 2.63 bits per heavy atom. The number of nitrogens with one attached hydrogen (secondary N) is 2. The molecule has 0 radical (unpaired) electrons. The Morgan fingerprint density at radius 1 is 1.11 bits per heavy atom. The summed E-state index contributed by atoms with van der Waals surface area (Å²) in [5.74, 6) is 0.873. The molecule has 3 rings (SSSR count). The quantitative estimate of drug-likeness (QED) is 0.359. The van der Waals surface area contributed by atoms with Gasteiger partial charge < -0.3 is 4.74 Å². The number of para-hydroxylation sites is 1. The van der Waals surface area contributed by atoms with Crippen molar-refractivity contribution in [2.24, 2.45) is 0 Å². The highest BCUT2D eigenvalue weighted by molar-refractivity contribution is 8.01. The lowest BCUT2D eigenvalue weighted by Crippen LogP contribution is -2.41.